The number of amides is 2. The second-order valence-electron chi connectivity index (χ2n) is 5.17. The van der Waals surface area contributed by atoms with Gasteiger partial charge in [-0.05, 0) is 26.7 Å². The zero-order valence-electron chi connectivity index (χ0n) is 11.5. The van der Waals surface area contributed by atoms with Gasteiger partial charge in [0, 0.05) is 29.4 Å². The molecular formula is C12H22N2O3S. The fraction of sp³-hybridized carbons (Fsp3) is 0.833. The Morgan fingerprint density at radius 3 is 2.50 bits per heavy atom. The highest BCUT2D eigenvalue weighted by Crippen LogP contribution is 2.20. The van der Waals surface area contributed by atoms with Crippen molar-refractivity contribution in [3.05, 3.63) is 0 Å². The molecule has 0 aromatic heterocycles. The molecule has 0 bridgehead atoms. The molecule has 0 spiro atoms. The molecule has 2 unspecified atom stereocenters. The maximum atomic E-state index is 12.3. The van der Waals surface area contributed by atoms with Gasteiger partial charge in [-0.1, -0.05) is 6.92 Å². The van der Waals surface area contributed by atoms with Crippen molar-refractivity contribution in [3.8, 4) is 0 Å². The van der Waals surface area contributed by atoms with Crippen molar-refractivity contribution in [2.75, 3.05) is 18.6 Å². The minimum absolute atomic E-state index is 0.0594. The lowest BCUT2D eigenvalue weighted by molar-refractivity contribution is -0.153. The Balaban J connectivity index is 2.77. The third-order valence-electron chi connectivity index (χ3n) is 3.13. The molecule has 2 atom stereocenters. The van der Waals surface area contributed by atoms with Gasteiger partial charge in [0.25, 0.3) is 0 Å². The van der Waals surface area contributed by atoms with Crippen LogP contribution in [0.4, 0.5) is 0 Å². The second kappa shape index (κ2) is 5.82. The fourth-order valence-electron chi connectivity index (χ4n) is 2.19. The minimum atomic E-state index is -0.861. The number of hydrogen-bond donors (Lipinski definition) is 1. The van der Waals surface area contributed by atoms with Crippen molar-refractivity contribution in [2.24, 2.45) is 0 Å². The summed E-state index contributed by atoms with van der Waals surface area (Å²) in [5.41, 5.74) is -0.839. The Labute approximate surface area is 111 Å². The van der Waals surface area contributed by atoms with Crippen molar-refractivity contribution < 1.29 is 13.8 Å². The minimum Gasteiger partial charge on any atom is -0.340 e. The van der Waals surface area contributed by atoms with Crippen molar-refractivity contribution in [2.45, 2.75) is 45.2 Å². The number of rotatable bonds is 5. The van der Waals surface area contributed by atoms with E-state index in [1.165, 1.54) is 0 Å². The highest BCUT2D eigenvalue weighted by molar-refractivity contribution is 7.84. The molecule has 104 valence electrons. The number of hydrogen-bond acceptors (Lipinski definition) is 3. The van der Waals surface area contributed by atoms with E-state index in [-0.39, 0.29) is 11.8 Å². The Hall–Kier alpha value is -0.910. The average Bonchev–Trinajstić information content (AvgIpc) is 2.24. The summed E-state index contributed by atoms with van der Waals surface area (Å²) >= 11 is 0. The molecule has 1 N–H and O–H groups in total. The molecule has 6 heteroatoms. The van der Waals surface area contributed by atoms with E-state index >= 15 is 0 Å². The molecule has 1 aliphatic rings. The summed E-state index contributed by atoms with van der Waals surface area (Å²) in [6.45, 7) is 5.81. The summed E-state index contributed by atoms with van der Waals surface area (Å²) in [6.07, 6.45) is 2.91. The van der Waals surface area contributed by atoms with Crippen LogP contribution in [0.2, 0.25) is 0 Å². The number of piperazine rings is 1. The predicted octanol–water partition coefficient (Wildman–Crippen LogP) is 0.271. The van der Waals surface area contributed by atoms with Crippen molar-refractivity contribution in [1.29, 1.82) is 0 Å². The monoisotopic (exact) mass is 274 g/mol. The Morgan fingerprint density at radius 1 is 1.39 bits per heavy atom. The first-order valence-electron chi connectivity index (χ1n) is 6.22. The van der Waals surface area contributed by atoms with Crippen LogP contribution in [0.25, 0.3) is 0 Å². The van der Waals surface area contributed by atoms with Gasteiger partial charge < -0.3 is 10.2 Å². The van der Waals surface area contributed by atoms with E-state index in [0.717, 1.165) is 0 Å². The van der Waals surface area contributed by atoms with Crippen LogP contribution in [0.15, 0.2) is 0 Å². The summed E-state index contributed by atoms with van der Waals surface area (Å²) in [7, 11) is -0.861. The molecule has 0 aromatic carbocycles. The molecule has 1 aliphatic heterocycles. The number of nitrogens with one attached hydrogen (secondary N) is 1. The van der Waals surface area contributed by atoms with Crippen LogP contribution < -0.4 is 5.32 Å². The van der Waals surface area contributed by atoms with Gasteiger partial charge in [-0.3, -0.25) is 13.8 Å². The summed E-state index contributed by atoms with van der Waals surface area (Å²) < 4.78 is 11.0. The zero-order chi connectivity index (χ0) is 13.9. The average molecular weight is 274 g/mol. The van der Waals surface area contributed by atoms with E-state index in [4.69, 9.17) is 0 Å². The van der Waals surface area contributed by atoms with Gasteiger partial charge >= 0.3 is 0 Å². The van der Waals surface area contributed by atoms with Gasteiger partial charge in [-0.2, -0.15) is 0 Å². The lowest BCUT2D eigenvalue weighted by Gasteiger charge is -2.42. The van der Waals surface area contributed by atoms with Gasteiger partial charge in [0.2, 0.25) is 11.8 Å². The first-order chi connectivity index (χ1) is 8.29. The highest BCUT2D eigenvalue weighted by atomic mass is 32.2. The Kier molecular flexibility index (Phi) is 4.90. The fourth-order valence-corrected chi connectivity index (χ4v) is 2.72. The van der Waals surface area contributed by atoms with E-state index in [9.17, 15) is 13.8 Å². The summed E-state index contributed by atoms with van der Waals surface area (Å²) in [5.74, 6) is 0.401. The van der Waals surface area contributed by atoms with E-state index in [0.29, 0.717) is 25.1 Å². The highest BCUT2D eigenvalue weighted by Gasteiger charge is 2.43. The molecule has 5 nitrogen and oxygen atoms in total. The second-order valence-corrected chi connectivity index (χ2v) is 6.72. The smallest absolute Gasteiger partial charge is 0.248 e. The number of nitrogens with zero attached hydrogens (tertiary/aromatic N) is 1. The van der Waals surface area contributed by atoms with Crippen molar-refractivity contribution in [3.63, 3.8) is 0 Å². The molecule has 0 radical (unpaired) electrons. The SMILES string of the molecule is CCC1C(=O)NC(C)(C)C(=O)N1CCCS(C)=O. The van der Waals surface area contributed by atoms with E-state index in [2.05, 4.69) is 5.32 Å². The maximum Gasteiger partial charge on any atom is 0.248 e. The van der Waals surface area contributed by atoms with Gasteiger partial charge in [0.15, 0.2) is 0 Å². The first kappa shape index (κ1) is 15.1. The number of carbonyl (C=O) groups excluding carboxylic acids is 2. The lowest BCUT2D eigenvalue weighted by atomic mass is 9.95. The van der Waals surface area contributed by atoms with Gasteiger partial charge in [-0.15, -0.1) is 0 Å². The van der Waals surface area contributed by atoms with Gasteiger partial charge in [-0.25, -0.2) is 0 Å². The third-order valence-corrected chi connectivity index (χ3v) is 3.99. The summed E-state index contributed by atoms with van der Waals surface area (Å²) in [4.78, 5) is 25.8. The third kappa shape index (κ3) is 3.31. The van der Waals surface area contributed by atoms with E-state index in [1.54, 1.807) is 25.0 Å². The van der Waals surface area contributed by atoms with Crippen LogP contribution in [-0.2, 0) is 20.4 Å². The van der Waals surface area contributed by atoms with Crippen LogP contribution in [-0.4, -0.2) is 51.1 Å². The van der Waals surface area contributed by atoms with Crippen LogP contribution in [0, 0.1) is 0 Å². The normalized spacial score (nSPS) is 24.9. The summed E-state index contributed by atoms with van der Waals surface area (Å²) in [5, 5.41) is 2.75. The van der Waals surface area contributed by atoms with Crippen LogP contribution in [0.5, 0.6) is 0 Å². The maximum absolute atomic E-state index is 12.3. The van der Waals surface area contributed by atoms with Crippen molar-refractivity contribution >= 4 is 22.6 Å². The zero-order valence-corrected chi connectivity index (χ0v) is 12.3. The molecule has 2 amide bonds. The lowest BCUT2D eigenvalue weighted by Crippen LogP contribution is -2.68. The predicted molar refractivity (Wildman–Crippen MR) is 71.6 cm³/mol. The standard InChI is InChI=1S/C12H22N2O3S/c1-5-9-10(15)13-12(2,3)11(16)14(9)7-6-8-18(4)17/h9H,5-8H2,1-4H3,(H,13,15). The molecule has 1 saturated heterocycles. The van der Waals surface area contributed by atoms with Crippen molar-refractivity contribution in [1.82, 2.24) is 10.2 Å². The van der Waals surface area contributed by atoms with Crippen LogP contribution in [0.1, 0.15) is 33.6 Å². The van der Waals surface area contributed by atoms with Crippen LogP contribution in [0.3, 0.4) is 0 Å². The molecule has 0 saturated carbocycles. The topological polar surface area (TPSA) is 66.5 Å². The Bertz CT molecular complexity index is 368. The molecule has 1 rings (SSSR count). The number of carbonyl (C=O) groups is 2. The van der Waals surface area contributed by atoms with Crippen LogP contribution >= 0.6 is 0 Å². The first-order valence-corrected chi connectivity index (χ1v) is 7.95. The van der Waals surface area contributed by atoms with E-state index < -0.39 is 22.4 Å². The summed E-state index contributed by atoms with van der Waals surface area (Å²) in [6, 6.07) is -0.393. The quantitative estimate of drug-likeness (QED) is 0.782. The Morgan fingerprint density at radius 2 is 2.00 bits per heavy atom. The molecule has 0 aromatic rings. The molecule has 1 fully saturated rings. The molecule has 18 heavy (non-hydrogen) atoms. The largest absolute Gasteiger partial charge is 0.340 e. The van der Waals surface area contributed by atoms with Gasteiger partial charge in [0.1, 0.15) is 11.6 Å². The van der Waals surface area contributed by atoms with Gasteiger partial charge in [0.05, 0.1) is 0 Å². The van der Waals surface area contributed by atoms with E-state index in [1.807, 2.05) is 6.92 Å². The molecular weight excluding hydrogens is 252 g/mol. The molecule has 0 aliphatic carbocycles. The molecule has 1 heterocycles.